The molecule has 3 rings (SSSR count). The molecule has 8 nitrogen and oxygen atoms in total. The molecule has 0 saturated heterocycles. The van der Waals surface area contributed by atoms with Crippen LogP contribution in [0, 0.1) is 5.82 Å². The van der Waals surface area contributed by atoms with Gasteiger partial charge in [0.05, 0.1) is 11.4 Å². The van der Waals surface area contributed by atoms with Crippen LogP contribution in [0.3, 0.4) is 0 Å². The van der Waals surface area contributed by atoms with Crippen molar-refractivity contribution in [1.29, 1.82) is 0 Å². The Morgan fingerprint density at radius 1 is 1.41 bits per heavy atom. The van der Waals surface area contributed by atoms with Crippen LogP contribution >= 0.6 is 11.8 Å². The predicted molar refractivity (Wildman–Crippen MR) is 96.1 cm³/mol. The van der Waals surface area contributed by atoms with Crippen LogP contribution in [0.25, 0.3) is 0 Å². The molecule has 0 aliphatic rings. The minimum Gasteiger partial charge on any atom is -0.477 e. The van der Waals surface area contributed by atoms with Crippen molar-refractivity contribution in [2.45, 2.75) is 10.9 Å². The van der Waals surface area contributed by atoms with Crippen LogP contribution < -0.4 is 15.5 Å². The van der Waals surface area contributed by atoms with E-state index in [2.05, 4.69) is 15.5 Å². The van der Waals surface area contributed by atoms with Gasteiger partial charge in [-0.3, -0.25) is 9.59 Å². The lowest BCUT2D eigenvalue weighted by Gasteiger charge is -2.08. The molecule has 27 heavy (non-hydrogen) atoms. The highest BCUT2D eigenvalue weighted by molar-refractivity contribution is 7.98. The molecule has 0 aliphatic heterocycles. The zero-order valence-corrected chi connectivity index (χ0v) is 15.0. The maximum atomic E-state index is 13.5. The molecule has 1 N–H and O–H groups in total. The van der Waals surface area contributed by atoms with Gasteiger partial charge in [0.1, 0.15) is 24.2 Å². The molecule has 2 aromatic heterocycles. The third kappa shape index (κ3) is 4.94. The number of amides is 1. The van der Waals surface area contributed by atoms with E-state index in [4.69, 9.17) is 9.15 Å². The van der Waals surface area contributed by atoms with Gasteiger partial charge in [-0.25, -0.2) is 4.39 Å². The highest BCUT2D eigenvalue weighted by Gasteiger charge is 2.11. The third-order valence-electron chi connectivity index (χ3n) is 3.37. The number of hydrogen-bond donors (Lipinski definition) is 1. The number of benzene rings is 1. The number of anilines is 1. The van der Waals surface area contributed by atoms with E-state index in [0.717, 1.165) is 6.26 Å². The second-order valence-electron chi connectivity index (χ2n) is 5.40. The average molecular weight is 390 g/mol. The molecule has 0 radical (unpaired) electrons. The first-order valence-electron chi connectivity index (χ1n) is 7.78. The second kappa shape index (κ2) is 8.49. The number of thioether (sulfide) groups is 1. The Hall–Kier alpha value is -3.14. The number of rotatable bonds is 7. The molecule has 0 atom stereocenters. The van der Waals surface area contributed by atoms with Gasteiger partial charge in [0.15, 0.2) is 11.8 Å². The van der Waals surface area contributed by atoms with E-state index in [1.165, 1.54) is 36.0 Å². The maximum Gasteiger partial charge on any atom is 0.262 e. The Morgan fingerprint density at radius 2 is 2.22 bits per heavy atom. The van der Waals surface area contributed by atoms with Gasteiger partial charge in [-0.1, -0.05) is 23.9 Å². The normalized spacial score (nSPS) is 10.6. The van der Waals surface area contributed by atoms with E-state index in [1.807, 2.05) is 7.05 Å². The van der Waals surface area contributed by atoms with Crippen LogP contribution in [0.2, 0.25) is 0 Å². The van der Waals surface area contributed by atoms with Gasteiger partial charge in [0.2, 0.25) is 11.2 Å². The number of carbonyl (C=O) groups is 1. The zero-order valence-electron chi connectivity index (χ0n) is 14.2. The molecule has 140 valence electrons. The molecule has 0 spiro atoms. The van der Waals surface area contributed by atoms with Crippen LogP contribution in [0.15, 0.2) is 57.3 Å². The predicted octanol–water partition coefficient (Wildman–Crippen LogP) is 2.22. The van der Waals surface area contributed by atoms with Gasteiger partial charge in [0, 0.05) is 13.1 Å². The molecule has 1 aromatic carbocycles. The minimum absolute atomic E-state index is 0.0364. The number of hydrogen-bond acceptors (Lipinski definition) is 7. The Bertz CT molecular complexity index is 1000. The van der Waals surface area contributed by atoms with Gasteiger partial charge in [-0.05, 0) is 12.1 Å². The molecular formula is C17H15FN4O4S. The Balaban J connectivity index is 1.54. The maximum absolute atomic E-state index is 13.5. The summed E-state index contributed by atoms with van der Waals surface area (Å²) in [4.78, 5) is 23.9. The molecule has 10 heteroatoms. The molecule has 0 unspecified atom stereocenters. The van der Waals surface area contributed by atoms with Crippen LogP contribution in [-0.2, 0) is 17.6 Å². The summed E-state index contributed by atoms with van der Waals surface area (Å²) < 4.78 is 25.7. The van der Waals surface area contributed by atoms with Crippen molar-refractivity contribution in [2.24, 2.45) is 7.05 Å². The van der Waals surface area contributed by atoms with Gasteiger partial charge in [-0.2, -0.15) is 0 Å². The van der Waals surface area contributed by atoms with E-state index < -0.39 is 23.8 Å². The summed E-state index contributed by atoms with van der Waals surface area (Å²) in [5, 5.41) is 10.7. The zero-order chi connectivity index (χ0) is 19.2. The molecule has 0 bridgehead atoms. The highest BCUT2D eigenvalue weighted by atomic mass is 32.2. The van der Waals surface area contributed by atoms with Crippen LogP contribution in [-0.4, -0.2) is 27.3 Å². The van der Waals surface area contributed by atoms with E-state index in [-0.39, 0.29) is 11.4 Å². The van der Waals surface area contributed by atoms with Crippen molar-refractivity contribution < 1.29 is 18.3 Å². The van der Waals surface area contributed by atoms with Gasteiger partial charge >= 0.3 is 0 Å². The van der Waals surface area contributed by atoms with Gasteiger partial charge < -0.3 is 19.0 Å². The number of para-hydroxylation sites is 1. The lowest BCUT2D eigenvalue weighted by atomic mass is 10.3. The Kier molecular flexibility index (Phi) is 5.87. The lowest BCUT2D eigenvalue weighted by molar-refractivity contribution is -0.118. The Morgan fingerprint density at radius 3 is 2.93 bits per heavy atom. The molecular weight excluding hydrogens is 375 g/mol. The van der Waals surface area contributed by atoms with Crippen LogP contribution in [0.5, 0.6) is 5.75 Å². The molecule has 2 heterocycles. The fourth-order valence-corrected chi connectivity index (χ4v) is 2.83. The number of aryl methyl sites for hydroxylation is 1. The minimum atomic E-state index is -0.596. The van der Waals surface area contributed by atoms with Crippen molar-refractivity contribution in [3.8, 4) is 5.75 Å². The van der Waals surface area contributed by atoms with Crippen molar-refractivity contribution in [2.75, 3.05) is 11.9 Å². The fraction of sp³-hybridized carbons (Fsp3) is 0.176. The quantitative estimate of drug-likeness (QED) is 0.618. The van der Waals surface area contributed by atoms with Gasteiger partial charge in [0.25, 0.3) is 5.91 Å². The van der Waals surface area contributed by atoms with Crippen molar-refractivity contribution in [3.63, 3.8) is 0 Å². The summed E-state index contributed by atoms with van der Waals surface area (Å²) in [6.07, 6.45) is 2.72. The summed E-state index contributed by atoms with van der Waals surface area (Å²) in [5.41, 5.74) is -0.386. The summed E-state index contributed by atoms with van der Waals surface area (Å²) in [6.45, 7) is -0.452. The number of nitrogens with zero attached hydrogens (tertiary/aromatic N) is 3. The van der Waals surface area contributed by atoms with E-state index in [1.54, 1.807) is 17.0 Å². The summed E-state index contributed by atoms with van der Waals surface area (Å²) in [7, 11) is 1.81. The molecule has 1 amide bonds. The first kappa shape index (κ1) is 18.6. The number of carbonyl (C=O) groups excluding carboxylic acids is 1. The van der Waals surface area contributed by atoms with E-state index in [9.17, 15) is 14.0 Å². The fourth-order valence-electron chi connectivity index (χ4n) is 2.05. The number of halogens is 1. The molecule has 0 aliphatic carbocycles. The van der Waals surface area contributed by atoms with E-state index in [0.29, 0.717) is 16.7 Å². The summed E-state index contributed by atoms with van der Waals surface area (Å²) >= 11 is 1.36. The third-order valence-corrected chi connectivity index (χ3v) is 4.43. The van der Waals surface area contributed by atoms with Crippen LogP contribution in [0.4, 0.5) is 10.1 Å². The summed E-state index contributed by atoms with van der Waals surface area (Å²) in [5.74, 6) is -0.450. The second-order valence-corrected chi connectivity index (χ2v) is 6.35. The first-order valence-corrected chi connectivity index (χ1v) is 8.77. The van der Waals surface area contributed by atoms with Gasteiger partial charge in [-0.15, -0.1) is 10.2 Å². The monoisotopic (exact) mass is 390 g/mol. The number of nitrogens with one attached hydrogen (secondary N) is 1. The number of ether oxygens (including phenoxy) is 1. The lowest BCUT2D eigenvalue weighted by Crippen LogP contribution is -2.22. The Labute approximate surface area is 157 Å². The SMILES string of the molecule is Cn1cnnc1SCc1cc(=O)c(OCC(=O)Nc2ccccc2F)co1. The van der Waals surface area contributed by atoms with E-state index >= 15 is 0 Å². The van der Waals surface area contributed by atoms with Crippen molar-refractivity contribution in [3.05, 3.63) is 64.7 Å². The smallest absolute Gasteiger partial charge is 0.262 e. The van der Waals surface area contributed by atoms with Crippen LogP contribution in [0.1, 0.15) is 5.76 Å². The standard InChI is InChI=1S/C17H15FN4O4S/c1-22-10-19-21-17(22)27-9-11-6-14(23)15(7-25-11)26-8-16(24)20-13-5-3-2-4-12(13)18/h2-7,10H,8-9H2,1H3,(H,20,24). The summed E-state index contributed by atoms with van der Waals surface area (Å²) in [6, 6.07) is 7.03. The topological polar surface area (TPSA) is 99.3 Å². The molecule has 3 aromatic rings. The number of aromatic nitrogens is 3. The molecule has 0 saturated carbocycles. The highest BCUT2D eigenvalue weighted by Crippen LogP contribution is 2.20. The molecule has 0 fully saturated rings. The van der Waals surface area contributed by atoms with Crippen molar-refractivity contribution >= 4 is 23.4 Å². The van der Waals surface area contributed by atoms with Crippen molar-refractivity contribution in [1.82, 2.24) is 14.8 Å². The largest absolute Gasteiger partial charge is 0.477 e. The first-order chi connectivity index (χ1) is 13.0. The average Bonchev–Trinajstić information content (AvgIpc) is 3.06.